The first kappa shape index (κ1) is 20.0. The van der Waals surface area contributed by atoms with Gasteiger partial charge in [0.2, 0.25) is 5.91 Å². The maximum Gasteiger partial charge on any atom is 0.329 e. The lowest BCUT2D eigenvalue weighted by molar-refractivity contribution is -0.143. The highest BCUT2D eigenvalue weighted by atomic mass is 16.4. The molecule has 29 heavy (non-hydrogen) atoms. The summed E-state index contributed by atoms with van der Waals surface area (Å²) in [7, 11) is 0. The van der Waals surface area contributed by atoms with Crippen molar-refractivity contribution < 1.29 is 19.8 Å². The van der Waals surface area contributed by atoms with Crippen LogP contribution >= 0.6 is 0 Å². The summed E-state index contributed by atoms with van der Waals surface area (Å²) in [6.45, 7) is -0.831. The fourth-order valence-corrected chi connectivity index (χ4v) is 3.05. The molecule has 0 aliphatic carbocycles. The zero-order valence-corrected chi connectivity index (χ0v) is 15.2. The summed E-state index contributed by atoms with van der Waals surface area (Å²) in [6.07, 6.45) is -0.0221. The van der Waals surface area contributed by atoms with Gasteiger partial charge in [0.1, 0.15) is 12.1 Å². The van der Waals surface area contributed by atoms with Crippen molar-refractivity contribution in [2.45, 2.75) is 18.5 Å². The van der Waals surface area contributed by atoms with Gasteiger partial charge in [-0.3, -0.25) is 9.59 Å². The average molecular weight is 397 g/mol. The number of rotatable bonds is 7. The van der Waals surface area contributed by atoms with Crippen LogP contribution < -0.4 is 16.6 Å². The van der Waals surface area contributed by atoms with Gasteiger partial charge >= 0.3 is 11.7 Å². The van der Waals surface area contributed by atoms with E-state index in [1.807, 2.05) is 0 Å². The van der Waals surface area contributed by atoms with Gasteiger partial charge in [-0.15, -0.1) is 0 Å². The minimum Gasteiger partial charge on any atom is -0.480 e. The molecule has 2 aromatic carbocycles. The van der Waals surface area contributed by atoms with Gasteiger partial charge in [-0.2, -0.15) is 0 Å². The summed E-state index contributed by atoms with van der Waals surface area (Å²) in [4.78, 5) is 52.2. The Morgan fingerprint density at radius 2 is 1.69 bits per heavy atom. The van der Waals surface area contributed by atoms with E-state index in [-0.39, 0.29) is 11.8 Å². The van der Waals surface area contributed by atoms with Crippen LogP contribution in [-0.4, -0.2) is 44.3 Å². The van der Waals surface area contributed by atoms with Crippen LogP contribution in [0.1, 0.15) is 11.6 Å². The maximum absolute atomic E-state index is 13.0. The lowest BCUT2D eigenvalue weighted by Crippen LogP contribution is -2.50. The van der Waals surface area contributed by atoms with Gasteiger partial charge in [-0.25, -0.2) is 14.2 Å². The summed E-state index contributed by atoms with van der Waals surface area (Å²) in [5, 5.41) is 20.7. The lowest BCUT2D eigenvalue weighted by Gasteiger charge is -2.21. The van der Waals surface area contributed by atoms with Crippen molar-refractivity contribution in [1.29, 1.82) is 0 Å². The predicted octanol–water partition coefficient (Wildman–Crippen LogP) is 0.0353. The molecule has 3 aromatic rings. The van der Waals surface area contributed by atoms with Gasteiger partial charge in [0.05, 0.1) is 17.5 Å². The number of hydrogen-bond donors (Lipinski definition) is 4. The number of nitrogens with one attached hydrogen (secondary N) is 2. The smallest absolute Gasteiger partial charge is 0.329 e. The van der Waals surface area contributed by atoms with E-state index in [1.54, 1.807) is 48.5 Å². The molecule has 9 heteroatoms. The molecule has 1 aromatic heterocycles. The highest BCUT2D eigenvalue weighted by Crippen LogP contribution is 2.14. The van der Waals surface area contributed by atoms with Crippen LogP contribution in [0.2, 0.25) is 0 Å². The number of H-pyrrole nitrogens is 1. The van der Waals surface area contributed by atoms with E-state index in [0.717, 1.165) is 4.57 Å². The highest BCUT2D eigenvalue weighted by molar-refractivity contribution is 5.86. The number of carboxylic acid groups (broad SMARTS) is 1. The standard InChI is InChI=1S/C20H19N3O6/c24-11-15(19(27)28)21-17(25)16(10-12-6-2-1-3-7-12)23-18(26)13-8-4-5-9-14(13)22-20(23)29/h1-9,15-16,24H,10-11H2,(H,21,25)(H,22,29)(H,27,28)/t15-,16+/m0/s1. The number of fused-ring (bicyclic) bond motifs is 1. The maximum atomic E-state index is 13.0. The number of carbonyl (C=O) groups excluding carboxylic acids is 1. The number of aliphatic carboxylic acids is 1. The number of carbonyl (C=O) groups is 2. The van der Waals surface area contributed by atoms with Crippen molar-refractivity contribution in [2.24, 2.45) is 0 Å². The summed E-state index contributed by atoms with van der Waals surface area (Å²) in [6, 6.07) is 12.2. The molecule has 0 bridgehead atoms. The molecule has 0 saturated carbocycles. The molecule has 0 aliphatic heterocycles. The van der Waals surface area contributed by atoms with E-state index in [4.69, 9.17) is 5.11 Å². The first-order chi connectivity index (χ1) is 13.9. The van der Waals surface area contributed by atoms with Crippen molar-refractivity contribution >= 4 is 22.8 Å². The van der Waals surface area contributed by atoms with Gasteiger partial charge in [0.15, 0.2) is 0 Å². The summed E-state index contributed by atoms with van der Waals surface area (Å²) < 4.78 is 0.779. The van der Waals surface area contributed by atoms with Gasteiger partial charge in [-0.05, 0) is 17.7 Å². The normalized spacial score (nSPS) is 13.0. The second-order valence-corrected chi connectivity index (χ2v) is 6.44. The number of aromatic amines is 1. The Labute approximate surface area is 164 Å². The molecule has 1 amide bonds. The lowest BCUT2D eigenvalue weighted by atomic mass is 10.0. The number of benzene rings is 2. The fraction of sp³-hybridized carbons (Fsp3) is 0.200. The molecule has 0 fully saturated rings. The third kappa shape index (κ3) is 4.25. The number of aliphatic hydroxyl groups is 1. The first-order valence-electron chi connectivity index (χ1n) is 8.84. The molecule has 0 spiro atoms. The van der Waals surface area contributed by atoms with E-state index in [9.17, 15) is 24.3 Å². The number of aromatic nitrogens is 2. The molecule has 2 atom stereocenters. The number of nitrogens with zero attached hydrogens (tertiary/aromatic N) is 1. The molecule has 0 radical (unpaired) electrons. The molecule has 0 unspecified atom stereocenters. The van der Waals surface area contributed by atoms with Crippen LogP contribution in [0.3, 0.4) is 0 Å². The Morgan fingerprint density at radius 3 is 2.34 bits per heavy atom. The fourth-order valence-electron chi connectivity index (χ4n) is 3.05. The number of para-hydroxylation sites is 1. The van der Waals surface area contributed by atoms with E-state index in [1.165, 1.54) is 6.07 Å². The third-order valence-electron chi connectivity index (χ3n) is 4.52. The highest BCUT2D eigenvalue weighted by Gasteiger charge is 2.29. The second kappa shape index (κ2) is 8.53. The van der Waals surface area contributed by atoms with Crippen LogP contribution in [0.15, 0.2) is 64.2 Å². The van der Waals surface area contributed by atoms with E-state index in [0.29, 0.717) is 11.1 Å². The Hall–Kier alpha value is -3.72. The van der Waals surface area contributed by atoms with Crippen molar-refractivity contribution in [2.75, 3.05) is 6.61 Å². The zero-order valence-electron chi connectivity index (χ0n) is 15.2. The molecule has 3 rings (SSSR count). The minimum atomic E-state index is -1.56. The van der Waals surface area contributed by atoms with Gasteiger partial charge < -0.3 is 20.5 Å². The van der Waals surface area contributed by atoms with Crippen LogP contribution in [0.25, 0.3) is 10.9 Å². The monoisotopic (exact) mass is 397 g/mol. The first-order valence-corrected chi connectivity index (χ1v) is 8.84. The average Bonchev–Trinajstić information content (AvgIpc) is 2.71. The molecule has 4 N–H and O–H groups in total. The Morgan fingerprint density at radius 1 is 1.03 bits per heavy atom. The summed E-state index contributed by atoms with van der Waals surface area (Å²) in [5.41, 5.74) is -0.462. The molecule has 0 aliphatic rings. The summed E-state index contributed by atoms with van der Waals surface area (Å²) in [5.74, 6) is -2.29. The van der Waals surface area contributed by atoms with E-state index in [2.05, 4.69) is 10.3 Å². The van der Waals surface area contributed by atoms with Gasteiger partial charge in [0, 0.05) is 6.42 Å². The van der Waals surface area contributed by atoms with Crippen LogP contribution in [0.5, 0.6) is 0 Å². The molecular formula is C20H19N3O6. The van der Waals surface area contributed by atoms with Crippen molar-refractivity contribution in [1.82, 2.24) is 14.9 Å². The van der Waals surface area contributed by atoms with Crippen molar-refractivity contribution in [3.63, 3.8) is 0 Å². The third-order valence-corrected chi connectivity index (χ3v) is 4.52. The Balaban J connectivity index is 2.11. The molecule has 0 saturated heterocycles. The van der Waals surface area contributed by atoms with Crippen molar-refractivity contribution in [3.05, 3.63) is 81.0 Å². The van der Waals surface area contributed by atoms with Gasteiger partial charge in [0.25, 0.3) is 5.56 Å². The number of hydrogen-bond acceptors (Lipinski definition) is 5. The van der Waals surface area contributed by atoms with Crippen LogP contribution in [0.4, 0.5) is 0 Å². The largest absolute Gasteiger partial charge is 0.480 e. The number of carboxylic acids is 1. The Kier molecular flexibility index (Phi) is 5.89. The van der Waals surface area contributed by atoms with Crippen LogP contribution in [-0.2, 0) is 16.0 Å². The quantitative estimate of drug-likeness (QED) is 0.443. The SMILES string of the molecule is O=C(O)[C@H](CO)NC(=O)[C@@H](Cc1ccccc1)n1c(=O)[nH]c2ccccc2c1=O. The Bertz CT molecular complexity index is 1150. The van der Waals surface area contributed by atoms with Crippen molar-refractivity contribution in [3.8, 4) is 0 Å². The number of aliphatic hydroxyl groups excluding tert-OH is 1. The zero-order chi connectivity index (χ0) is 21.0. The topological polar surface area (TPSA) is 141 Å². The minimum absolute atomic E-state index is 0.0221. The van der Waals surface area contributed by atoms with E-state index >= 15 is 0 Å². The second-order valence-electron chi connectivity index (χ2n) is 6.44. The number of amides is 1. The van der Waals surface area contributed by atoms with Gasteiger partial charge in [-0.1, -0.05) is 42.5 Å². The van der Waals surface area contributed by atoms with Crippen LogP contribution in [0, 0.1) is 0 Å². The molecule has 150 valence electrons. The molecule has 9 nitrogen and oxygen atoms in total. The predicted molar refractivity (Wildman–Crippen MR) is 105 cm³/mol. The molecular weight excluding hydrogens is 378 g/mol. The summed E-state index contributed by atoms with van der Waals surface area (Å²) >= 11 is 0. The molecule has 1 heterocycles. The van der Waals surface area contributed by atoms with E-state index < -0.39 is 41.8 Å².